The van der Waals surface area contributed by atoms with Crippen LogP contribution in [0.25, 0.3) is 21.9 Å². The molecular weight excluding hydrogens is 376 g/mol. The van der Waals surface area contributed by atoms with Gasteiger partial charge in [-0.1, -0.05) is 23.6 Å². The summed E-state index contributed by atoms with van der Waals surface area (Å²) >= 11 is 0. The third-order valence-corrected chi connectivity index (χ3v) is 2.66. The van der Waals surface area contributed by atoms with E-state index in [9.17, 15) is 0 Å². The maximum atomic E-state index is 3.41. The van der Waals surface area contributed by atoms with E-state index >= 15 is 0 Å². The van der Waals surface area contributed by atoms with Crippen LogP contribution in [0.4, 0.5) is 0 Å². The van der Waals surface area contributed by atoms with Gasteiger partial charge in [-0.25, -0.2) is 5.56 Å². The molecule has 0 saturated heterocycles. The van der Waals surface area contributed by atoms with Crippen LogP contribution >= 0.6 is 0 Å². The smallest absolute Gasteiger partial charge is 0.209 e. The van der Waals surface area contributed by atoms with E-state index in [2.05, 4.69) is 42.5 Å². The number of rotatable bonds is 1. The molecule has 1 heteroatoms. The summed E-state index contributed by atoms with van der Waals surface area (Å²) in [7, 11) is 0. The largest absolute Gasteiger partial charge is 2.00 e. The minimum absolute atomic E-state index is 0. The van der Waals surface area contributed by atoms with Gasteiger partial charge in [-0.2, -0.15) is 42.0 Å². The molecule has 0 radical (unpaired) electrons. The van der Waals surface area contributed by atoms with Crippen molar-refractivity contribution < 1.29 is 21.1 Å². The summed E-state index contributed by atoms with van der Waals surface area (Å²) in [5, 5.41) is 2.37. The van der Waals surface area contributed by atoms with Crippen molar-refractivity contribution in [2.45, 2.75) is 0 Å². The SMILES string of the molecule is [W+2].[c-]1ccccc1-c1[c-]c2ccccc2cc1. The third-order valence-electron chi connectivity index (χ3n) is 2.66. The van der Waals surface area contributed by atoms with Crippen LogP contribution in [0.15, 0.2) is 60.7 Å². The number of benzene rings is 3. The minimum Gasteiger partial charge on any atom is -0.209 e. The van der Waals surface area contributed by atoms with Crippen molar-refractivity contribution in [3.63, 3.8) is 0 Å². The van der Waals surface area contributed by atoms with E-state index in [1.165, 1.54) is 5.39 Å². The average molecular weight is 386 g/mol. The van der Waals surface area contributed by atoms with E-state index in [4.69, 9.17) is 0 Å². The summed E-state index contributed by atoms with van der Waals surface area (Å²) in [6.07, 6.45) is 0. The Labute approximate surface area is 116 Å². The maximum Gasteiger partial charge on any atom is 2.00 e. The van der Waals surface area contributed by atoms with Gasteiger partial charge in [0.2, 0.25) is 0 Å². The summed E-state index contributed by atoms with van der Waals surface area (Å²) in [5.41, 5.74) is 2.19. The van der Waals surface area contributed by atoms with Gasteiger partial charge in [-0.15, -0.1) is 23.6 Å². The minimum atomic E-state index is 0. The van der Waals surface area contributed by atoms with E-state index in [0.29, 0.717) is 0 Å². The van der Waals surface area contributed by atoms with Gasteiger partial charge in [0, 0.05) is 0 Å². The van der Waals surface area contributed by atoms with Crippen molar-refractivity contribution in [1.82, 2.24) is 0 Å². The Bertz CT molecular complexity index is 615. The van der Waals surface area contributed by atoms with Gasteiger partial charge in [-0.3, -0.25) is 0 Å². The Morgan fingerprint density at radius 1 is 0.706 bits per heavy atom. The molecule has 0 saturated carbocycles. The molecule has 0 amide bonds. The van der Waals surface area contributed by atoms with E-state index in [1.807, 2.05) is 30.3 Å². The van der Waals surface area contributed by atoms with Gasteiger partial charge in [0.1, 0.15) is 0 Å². The first-order valence-corrected chi connectivity index (χ1v) is 5.32. The molecule has 0 fully saturated rings. The molecule has 0 nitrogen and oxygen atoms in total. The molecule has 0 N–H and O–H groups in total. The second kappa shape index (κ2) is 5.29. The molecule has 3 aromatic rings. The molecule has 0 unspecified atom stereocenters. The predicted molar refractivity (Wildman–Crippen MR) is 67.1 cm³/mol. The van der Waals surface area contributed by atoms with E-state index in [0.717, 1.165) is 16.5 Å². The molecule has 0 aliphatic heterocycles. The molecule has 0 aromatic heterocycles. The van der Waals surface area contributed by atoms with Crippen LogP contribution in [-0.4, -0.2) is 0 Å². The molecule has 0 aliphatic carbocycles. The Kier molecular flexibility index (Phi) is 3.76. The molecule has 3 rings (SSSR count). The molecule has 0 aliphatic rings. The van der Waals surface area contributed by atoms with Crippen molar-refractivity contribution in [3.05, 3.63) is 72.8 Å². The Morgan fingerprint density at radius 3 is 2.35 bits per heavy atom. The van der Waals surface area contributed by atoms with E-state index in [1.54, 1.807) is 0 Å². The molecule has 80 valence electrons. The van der Waals surface area contributed by atoms with Gasteiger partial charge in [0.05, 0.1) is 0 Å². The summed E-state index contributed by atoms with van der Waals surface area (Å²) in [4.78, 5) is 0. The van der Waals surface area contributed by atoms with Gasteiger partial charge in [0.15, 0.2) is 0 Å². The molecule has 0 spiro atoms. The summed E-state index contributed by atoms with van der Waals surface area (Å²) in [6.45, 7) is 0. The Balaban J connectivity index is 0.00000108. The number of fused-ring (bicyclic) bond motifs is 1. The fraction of sp³-hybridized carbons (Fsp3) is 0. The van der Waals surface area contributed by atoms with Crippen molar-refractivity contribution in [2.24, 2.45) is 0 Å². The Hall–Kier alpha value is -1.39. The molecule has 0 atom stereocenters. The van der Waals surface area contributed by atoms with E-state index < -0.39 is 0 Å². The topological polar surface area (TPSA) is 0 Å². The zero-order chi connectivity index (χ0) is 10.8. The fourth-order valence-electron chi connectivity index (χ4n) is 1.83. The standard InChI is InChI=1S/C16H10.W/c1-2-6-13(7-3-1)16-11-10-14-8-4-5-9-15(14)12-16;/h1-6,8-11H;/q-2;+2. The summed E-state index contributed by atoms with van der Waals surface area (Å²) in [5.74, 6) is 0. The second-order valence-electron chi connectivity index (χ2n) is 3.74. The van der Waals surface area contributed by atoms with Crippen molar-refractivity contribution in [1.29, 1.82) is 0 Å². The van der Waals surface area contributed by atoms with Crippen LogP contribution in [0.1, 0.15) is 0 Å². The molecule has 0 bridgehead atoms. The normalized spacial score (nSPS) is 9.88. The Morgan fingerprint density at radius 2 is 1.53 bits per heavy atom. The number of hydrogen-bond donors (Lipinski definition) is 0. The van der Waals surface area contributed by atoms with Gasteiger partial charge >= 0.3 is 21.1 Å². The van der Waals surface area contributed by atoms with Crippen LogP contribution < -0.4 is 0 Å². The fourth-order valence-corrected chi connectivity index (χ4v) is 1.83. The van der Waals surface area contributed by atoms with Crippen molar-refractivity contribution >= 4 is 10.8 Å². The van der Waals surface area contributed by atoms with Gasteiger partial charge in [-0.05, 0) is 0 Å². The van der Waals surface area contributed by atoms with Crippen LogP contribution in [0.5, 0.6) is 0 Å². The zero-order valence-electron chi connectivity index (χ0n) is 9.18. The first-order chi connectivity index (χ1) is 7.93. The van der Waals surface area contributed by atoms with Gasteiger partial charge < -0.3 is 0 Å². The molecule has 0 heterocycles. The first kappa shape index (κ1) is 12.1. The monoisotopic (exact) mass is 386 g/mol. The quantitative estimate of drug-likeness (QED) is 0.553. The maximum absolute atomic E-state index is 3.41. The predicted octanol–water partition coefficient (Wildman–Crippen LogP) is 4.10. The second-order valence-corrected chi connectivity index (χ2v) is 3.74. The summed E-state index contributed by atoms with van der Waals surface area (Å²) < 4.78 is 0. The first-order valence-electron chi connectivity index (χ1n) is 5.32. The molecular formula is C16H10W. The van der Waals surface area contributed by atoms with Crippen LogP contribution in [-0.2, 0) is 21.1 Å². The van der Waals surface area contributed by atoms with Crippen LogP contribution in [0, 0.1) is 12.1 Å². The molecule has 3 aromatic carbocycles. The number of hydrogen-bond acceptors (Lipinski definition) is 0. The molecule has 17 heavy (non-hydrogen) atoms. The van der Waals surface area contributed by atoms with Crippen LogP contribution in [0.3, 0.4) is 0 Å². The zero-order valence-corrected chi connectivity index (χ0v) is 12.1. The average Bonchev–Trinajstić information content (AvgIpc) is 2.39. The van der Waals surface area contributed by atoms with Crippen LogP contribution in [0.2, 0.25) is 0 Å². The summed E-state index contributed by atoms with van der Waals surface area (Å²) in [6, 6.07) is 27.1. The third kappa shape index (κ3) is 2.48. The van der Waals surface area contributed by atoms with Crippen molar-refractivity contribution in [2.75, 3.05) is 0 Å². The van der Waals surface area contributed by atoms with E-state index in [-0.39, 0.29) is 21.1 Å². The van der Waals surface area contributed by atoms with Gasteiger partial charge in [0.25, 0.3) is 0 Å². The van der Waals surface area contributed by atoms with Crippen molar-refractivity contribution in [3.8, 4) is 11.1 Å².